The Morgan fingerprint density at radius 3 is 2.42 bits per heavy atom. The number of rotatable bonds is 1. The molecule has 0 heterocycles. The Balaban J connectivity index is 2.18. The molecule has 0 saturated carbocycles. The van der Waals surface area contributed by atoms with E-state index in [2.05, 4.69) is 18.2 Å². The molecule has 1 aromatic carbocycles. The van der Waals surface area contributed by atoms with E-state index in [9.17, 15) is 5.11 Å². The van der Waals surface area contributed by atoms with Crippen molar-refractivity contribution < 1.29 is 5.11 Å². The van der Waals surface area contributed by atoms with Gasteiger partial charge in [0.2, 0.25) is 0 Å². The molecule has 0 radical (unpaired) electrons. The van der Waals surface area contributed by atoms with Crippen LogP contribution >= 0.6 is 0 Å². The van der Waals surface area contributed by atoms with Crippen LogP contribution in [0, 0.1) is 0 Å². The summed E-state index contributed by atoms with van der Waals surface area (Å²) in [5.74, 6) is 0.418. The Bertz CT molecular complexity index is 276. The average molecular weight is 160 g/mol. The van der Waals surface area contributed by atoms with Crippen molar-refractivity contribution in [2.24, 2.45) is 0 Å². The van der Waals surface area contributed by atoms with Crippen molar-refractivity contribution in [3.63, 3.8) is 0 Å². The second kappa shape index (κ2) is 3.11. The fourth-order valence-corrected chi connectivity index (χ4v) is 1.63. The van der Waals surface area contributed by atoms with Crippen molar-refractivity contribution >= 4 is 0 Å². The number of aliphatic hydroxyl groups is 1. The molecular weight excluding hydrogens is 148 g/mol. The van der Waals surface area contributed by atoms with E-state index in [4.69, 9.17) is 0 Å². The van der Waals surface area contributed by atoms with Gasteiger partial charge in [-0.3, -0.25) is 0 Å². The molecule has 0 bridgehead atoms. The van der Waals surface area contributed by atoms with E-state index in [0.717, 1.165) is 6.42 Å². The quantitative estimate of drug-likeness (QED) is 0.624. The predicted molar refractivity (Wildman–Crippen MR) is 48.9 cm³/mol. The first-order chi connectivity index (χ1) is 5.86. The van der Waals surface area contributed by atoms with Crippen LogP contribution < -0.4 is 0 Å². The first-order valence-corrected chi connectivity index (χ1v) is 4.27. The molecule has 1 heteroatoms. The standard InChI is InChI=1S/C11H12O/c12-11-7-6-10(8-11)9-4-2-1-3-5-9/h1-7,10-12H,8H2/t10-,11+/m1/s1. The van der Waals surface area contributed by atoms with Gasteiger partial charge in [0.25, 0.3) is 0 Å². The van der Waals surface area contributed by atoms with Crippen LogP contribution in [0.3, 0.4) is 0 Å². The molecule has 62 valence electrons. The summed E-state index contributed by atoms with van der Waals surface area (Å²) in [5, 5.41) is 9.27. The average Bonchev–Trinajstić information content (AvgIpc) is 2.54. The van der Waals surface area contributed by atoms with E-state index in [-0.39, 0.29) is 6.10 Å². The summed E-state index contributed by atoms with van der Waals surface area (Å²) in [5.41, 5.74) is 1.30. The Labute approximate surface area is 72.4 Å². The van der Waals surface area contributed by atoms with Crippen LogP contribution in [0.15, 0.2) is 42.5 Å². The minimum absolute atomic E-state index is 0.241. The summed E-state index contributed by atoms with van der Waals surface area (Å²) in [6.07, 6.45) is 4.55. The van der Waals surface area contributed by atoms with E-state index in [1.54, 1.807) is 0 Å². The lowest BCUT2D eigenvalue weighted by molar-refractivity contribution is 0.218. The highest BCUT2D eigenvalue weighted by Crippen LogP contribution is 2.27. The van der Waals surface area contributed by atoms with E-state index < -0.39 is 0 Å². The molecule has 0 fully saturated rings. The number of allylic oxidation sites excluding steroid dienone is 1. The predicted octanol–water partition coefficient (Wildman–Crippen LogP) is 2.09. The minimum atomic E-state index is -0.241. The minimum Gasteiger partial charge on any atom is -0.389 e. The molecular formula is C11H12O. The summed E-state index contributed by atoms with van der Waals surface area (Å²) in [6.45, 7) is 0. The van der Waals surface area contributed by atoms with Crippen LogP contribution in [0.2, 0.25) is 0 Å². The highest BCUT2D eigenvalue weighted by atomic mass is 16.3. The summed E-state index contributed by atoms with van der Waals surface area (Å²) < 4.78 is 0. The summed E-state index contributed by atoms with van der Waals surface area (Å²) >= 11 is 0. The van der Waals surface area contributed by atoms with E-state index in [1.807, 2.05) is 24.3 Å². The zero-order valence-electron chi connectivity index (χ0n) is 6.85. The van der Waals surface area contributed by atoms with Gasteiger partial charge >= 0.3 is 0 Å². The molecule has 12 heavy (non-hydrogen) atoms. The maximum absolute atomic E-state index is 9.27. The van der Waals surface area contributed by atoms with Crippen molar-refractivity contribution in [3.05, 3.63) is 48.0 Å². The van der Waals surface area contributed by atoms with Crippen LogP contribution in [-0.4, -0.2) is 11.2 Å². The first kappa shape index (κ1) is 7.56. The highest BCUT2D eigenvalue weighted by Gasteiger charge is 2.17. The fraction of sp³-hybridized carbons (Fsp3) is 0.273. The summed E-state index contributed by atoms with van der Waals surface area (Å²) in [7, 11) is 0. The maximum atomic E-state index is 9.27. The third kappa shape index (κ3) is 1.41. The van der Waals surface area contributed by atoms with Crippen LogP contribution in [0.1, 0.15) is 17.9 Å². The van der Waals surface area contributed by atoms with Gasteiger partial charge in [0, 0.05) is 5.92 Å². The van der Waals surface area contributed by atoms with Crippen LogP contribution in [-0.2, 0) is 0 Å². The molecule has 0 saturated heterocycles. The van der Waals surface area contributed by atoms with Gasteiger partial charge in [-0.2, -0.15) is 0 Å². The first-order valence-electron chi connectivity index (χ1n) is 4.27. The SMILES string of the molecule is O[C@H]1C=C[C@@H](c2ccccc2)C1. The smallest absolute Gasteiger partial charge is 0.0729 e. The number of aliphatic hydroxyl groups excluding tert-OH is 1. The third-order valence-corrected chi connectivity index (χ3v) is 2.29. The van der Waals surface area contributed by atoms with Gasteiger partial charge in [-0.1, -0.05) is 42.5 Å². The Kier molecular flexibility index (Phi) is 1.96. The van der Waals surface area contributed by atoms with Gasteiger partial charge in [-0.25, -0.2) is 0 Å². The second-order valence-corrected chi connectivity index (χ2v) is 3.21. The summed E-state index contributed by atoms with van der Waals surface area (Å²) in [6, 6.07) is 10.3. The normalized spacial score (nSPS) is 27.8. The fourth-order valence-electron chi connectivity index (χ4n) is 1.63. The molecule has 1 nitrogen and oxygen atoms in total. The Morgan fingerprint density at radius 2 is 1.83 bits per heavy atom. The van der Waals surface area contributed by atoms with Crippen molar-refractivity contribution in [1.29, 1.82) is 0 Å². The molecule has 1 aliphatic carbocycles. The van der Waals surface area contributed by atoms with Gasteiger partial charge in [-0.05, 0) is 12.0 Å². The molecule has 0 aromatic heterocycles. The lowest BCUT2D eigenvalue weighted by Crippen LogP contribution is -2.00. The van der Waals surface area contributed by atoms with E-state index in [1.165, 1.54) is 5.56 Å². The van der Waals surface area contributed by atoms with Crippen LogP contribution in [0.5, 0.6) is 0 Å². The van der Waals surface area contributed by atoms with Gasteiger partial charge in [0.1, 0.15) is 0 Å². The number of hydrogen-bond donors (Lipinski definition) is 1. The lowest BCUT2D eigenvalue weighted by Gasteiger charge is -2.07. The van der Waals surface area contributed by atoms with E-state index >= 15 is 0 Å². The monoisotopic (exact) mass is 160 g/mol. The van der Waals surface area contributed by atoms with Crippen LogP contribution in [0.4, 0.5) is 0 Å². The Hall–Kier alpha value is -1.08. The number of benzene rings is 1. The molecule has 2 atom stereocenters. The molecule has 1 N–H and O–H groups in total. The Morgan fingerprint density at radius 1 is 1.08 bits per heavy atom. The van der Waals surface area contributed by atoms with Crippen LogP contribution in [0.25, 0.3) is 0 Å². The molecule has 2 rings (SSSR count). The largest absolute Gasteiger partial charge is 0.389 e. The lowest BCUT2D eigenvalue weighted by atomic mass is 9.99. The van der Waals surface area contributed by atoms with Gasteiger partial charge in [-0.15, -0.1) is 0 Å². The highest BCUT2D eigenvalue weighted by molar-refractivity contribution is 5.27. The van der Waals surface area contributed by atoms with Crippen molar-refractivity contribution in [2.75, 3.05) is 0 Å². The van der Waals surface area contributed by atoms with Crippen molar-refractivity contribution in [1.82, 2.24) is 0 Å². The molecule has 0 amide bonds. The topological polar surface area (TPSA) is 20.2 Å². The van der Waals surface area contributed by atoms with Gasteiger partial charge in [0.15, 0.2) is 0 Å². The molecule has 1 aromatic rings. The van der Waals surface area contributed by atoms with E-state index in [0.29, 0.717) is 5.92 Å². The molecule has 0 aliphatic heterocycles. The maximum Gasteiger partial charge on any atom is 0.0729 e. The molecule has 0 unspecified atom stereocenters. The number of hydrogen-bond acceptors (Lipinski definition) is 1. The molecule has 0 spiro atoms. The third-order valence-electron chi connectivity index (χ3n) is 2.29. The van der Waals surface area contributed by atoms with Gasteiger partial charge < -0.3 is 5.11 Å². The second-order valence-electron chi connectivity index (χ2n) is 3.21. The summed E-state index contributed by atoms with van der Waals surface area (Å²) in [4.78, 5) is 0. The van der Waals surface area contributed by atoms with Crippen molar-refractivity contribution in [3.8, 4) is 0 Å². The zero-order valence-corrected chi connectivity index (χ0v) is 6.85. The molecule has 1 aliphatic rings. The van der Waals surface area contributed by atoms with Gasteiger partial charge in [0.05, 0.1) is 6.10 Å². The van der Waals surface area contributed by atoms with Crippen molar-refractivity contribution in [2.45, 2.75) is 18.4 Å². The zero-order chi connectivity index (χ0) is 8.39.